The van der Waals surface area contributed by atoms with Gasteiger partial charge in [-0.15, -0.1) is 11.3 Å². The predicted octanol–water partition coefficient (Wildman–Crippen LogP) is 5.13. The second-order valence-corrected chi connectivity index (χ2v) is 10.7. The van der Waals surface area contributed by atoms with E-state index in [-0.39, 0.29) is 5.91 Å². The van der Waals surface area contributed by atoms with Crippen LogP contribution in [-0.2, 0) is 6.42 Å². The second kappa shape index (κ2) is 10.8. The quantitative estimate of drug-likeness (QED) is 0.508. The van der Waals surface area contributed by atoms with E-state index >= 15 is 0 Å². The zero-order valence-electron chi connectivity index (χ0n) is 21.3. The van der Waals surface area contributed by atoms with Crippen molar-refractivity contribution in [1.29, 1.82) is 0 Å². The van der Waals surface area contributed by atoms with Crippen LogP contribution in [0, 0.1) is 0 Å². The largest absolute Gasteiger partial charge is 0.384 e. The molecule has 0 unspecified atom stereocenters. The first-order chi connectivity index (χ1) is 17.5. The molecule has 1 amide bonds. The fourth-order valence-corrected chi connectivity index (χ4v) is 6.14. The van der Waals surface area contributed by atoms with Crippen LogP contribution < -0.4 is 15.1 Å². The molecule has 5 rings (SSSR count). The maximum Gasteiger partial charge on any atom is 0.276 e. The molecule has 1 N–H and O–H groups in total. The van der Waals surface area contributed by atoms with Gasteiger partial charge in [-0.25, -0.2) is 4.98 Å². The number of rotatable bonds is 6. The molecule has 0 radical (unpaired) electrons. The van der Waals surface area contributed by atoms with E-state index in [1.807, 2.05) is 29.2 Å². The average molecular weight is 502 g/mol. The van der Waals surface area contributed by atoms with Crippen molar-refractivity contribution in [2.45, 2.75) is 26.2 Å². The number of nitrogens with zero attached hydrogens (tertiary/aromatic N) is 4. The minimum Gasteiger partial charge on any atom is -0.384 e. The highest BCUT2D eigenvalue weighted by Gasteiger charge is 2.28. The second-order valence-electron chi connectivity index (χ2n) is 9.62. The molecule has 1 fully saturated rings. The third-order valence-corrected chi connectivity index (χ3v) is 8.25. The fourth-order valence-electron chi connectivity index (χ4n) is 4.95. The Balaban J connectivity index is 1.43. The number of anilines is 2. The van der Waals surface area contributed by atoms with Gasteiger partial charge in [0.05, 0.1) is 10.6 Å². The van der Waals surface area contributed by atoms with Crippen LogP contribution in [0.5, 0.6) is 0 Å². The average Bonchev–Trinajstić information content (AvgIpc) is 3.12. The maximum atomic E-state index is 13.9. The van der Waals surface area contributed by atoms with Crippen molar-refractivity contribution in [2.24, 2.45) is 0 Å². The Bertz CT molecular complexity index is 1250. The third kappa shape index (κ3) is 5.04. The molecule has 0 saturated carbocycles. The lowest BCUT2D eigenvalue weighted by Gasteiger charge is -2.25. The SMILES string of the molecule is C=C(NCCC)c1cc2c(s1)-c1ccccc1N(C(=O)c1cccc(N3CCCN(C)CC3)n1)CC2. The smallest absolute Gasteiger partial charge is 0.276 e. The number of amides is 1. The van der Waals surface area contributed by atoms with Crippen molar-refractivity contribution in [2.75, 3.05) is 56.1 Å². The van der Waals surface area contributed by atoms with E-state index in [2.05, 4.69) is 59.9 Å². The number of thiophene rings is 1. The standard InChI is InChI=1S/C29H35N5OS/c1-4-14-30-21(2)26-20-22-13-17-34(25-11-6-5-9-23(25)28(22)36-26)29(35)24-10-7-12-27(31-24)33-16-8-15-32(3)18-19-33/h5-7,9-12,20,30H,2,4,8,13-19H2,1,3H3. The summed E-state index contributed by atoms with van der Waals surface area (Å²) in [5.74, 6) is 0.849. The van der Waals surface area contributed by atoms with Gasteiger partial charge in [-0.05, 0) is 62.7 Å². The number of carbonyl (C=O) groups is 1. The molecule has 2 aliphatic heterocycles. The minimum absolute atomic E-state index is 0.0411. The lowest BCUT2D eigenvalue weighted by molar-refractivity contribution is 0.0983. The van der Waals surface area contributed by atoms with Crippen molar-refractivity contribution in [3.05, 3.63) is 71.2 Å². The fraction of sp³-hybridized carbons (Fsp3) is 0.379. The molecule has 3 aromatic rings. The first kappa shape index (κ1) is 24.5. The molecule has 0 bridgehead atoms. The number of likely N-dealkylation sites (N-methyl/N-ethyl adjacent to an activating group) is 1. The van der Waals surface area contributed by atoms with Crippen molar-refractivity contribution in [3.8, 4) is 10.4 Å². The van der Waals surface area contributed by atoms with Gasteiger partial charge < -0.3 is 20.0 Å². The highest BCUT2D eigenvalue weighted by Crippen LogP contribution is 2.42. The Morgan fingerprint density at radius 3 is 2.81 bits per heavy atom. The summed E-state index contributed by atoms with van der Waals surface area (Å²) < 4.78 is 0. The van der Waals surface area contributed by atoms with E-state index in [0.29, 0.717) is 12.2 Å². The molecule has 6 nitrogen and oxygen atoms in total. The molecule has 0 spiro atoms. The van der Waals surface area contributed by atoms with Gasteiger partial charge in [0.25, 0.3) is 5.91 Å². The third-order valence-electron chi connectivity index (χ3n) is 6.98. The Labute approximate surface area is 218 Å². The number of hydrogen-bond acceptors (Lipinski definition) is 6. The molecule has 1 aromatic carbocycles. The molecular weight excluding hydrogens is 466 g/mol. The van der Waals surface area contributed by atoms with Crippen LogP contribution in [0.4, 0.5) is 11.5 Å². The topological polar surface area (TPSA) is 51.7 Å². The number of hydrogen-bond donors (Lipinski definition) is 1. The van der Waals surface area contributed by atoms with Crippen LogP contribution in [0.25, 0.3) is 16.1 Å². The van der Waals surface area contributed by atoms with Crippen molar-refractivity contribution >= 4 is 34.4 Å². The van der Waals surface area contributed by atoms with E-state index in [1.54, 1.807) is 11.3 Å². The summed E-state index contributed by atoms with van der Waals surface area (Å²) in [5, 5.41) is 3.42. The summed E-state index contributed by atoms with van der Waals surface area (Å²) in [6.45, 7) is 11.9. The van der Waals surface area contributed by atoms with Crippen LogP contribution in [0.15, 0.2) is 55.1 Å². The summed E-state index contributed by atoms with van der Waals surface area (Å²) >= 11 is 1.76. The van der Waals surface area contributed by atoms with Crippen molar-refractivity contribution in [3.63, 3.8) is 0 Å². The van der Waals surface area contributed by atoms with E-state index in [0.717, 1.165) is 74.8 Å². The Morgan fingerprint density at radius 2 is 1.94 bits per heavy atom. The molecule has 4 heterocycles. The number of fused-ring (bicyclic) bond motifs is 3. The molecule has 2 aromatic heterocycles. The summed E-state index contributed by atoms with van der Waals surface area (Å²) in [5.41, 5.74) is 4.80. The van der Waals surface area contributed by atoms with Crippen LogP contribution in [0.1, 0.15) is 40.7 Å². The van der Waals surface area contributed by atoms with Gasteiger partial charge in [-0.2, -0.15) is 0 Å². The Morgan fingerprint density at radius 1 is 1.08 bits per heavy atom. The first-order valence-electron chi connectivity index (χ1n) is 12.9. The number of nitrogens with one attached hydrogen (secondary N) is 1. The maximum absolute atomic E-state index is 13.9. The van der Waals surface area contributed by atoms with Crippen LogP contribution in [0.2, 0.25) is 0 Å². The molecule has 36 heavy (non-hydrogen) atoms. The predicted molar refractivity (Wildman–Crippen MR) is 151 cm³/mol. The van der Waals surface area contributed by atoms with Crippen LogP contribution in [-0.4, -0.2) is 62.1 Å². The summed E-state index contributed by atoms with van der Waals surface area (Å²) in [6.07, 6.45) is 2.96. The minimum atomic E-state index is -0.0411. The van der Waals surface area contributed by atoms with Gasteiger partial charge in [0, 0.05) is 48.9 Å². The van der Waals surface area contributed by atoms with Gasteiger partial charge in [0.1, 0.15) is 11.5 Å². The molecule has 0 aliphatic carbocycles. The zero-order valence-corrected chi connectivity index (χ0v) is 22.1. The highest BCUT2D eigenvalue weighted by molar-refractivity contribution is 7.16. The number of carbonyl (C=O) groups excluding carboxylic acids is 1. The first-order valence-corrected chi connectivity index (χ1v) is 13.7. The van der Waals surface area contributed by atoms with Crippen molar-refractivity contribution < 1.29 is 4.79 Å². The van der Waals surface area contributed by atoms with Gasteiger partial charge in [-0.3, -0.25) is 4.79 Å². The van der Waals surface area contributed by atoms with Gasteiger partial charge in [0.15, 0.2) is 0 Å². The molecule has 1 saturated heterocycles. The summed E-state index contributed by atoms with van der Waals surface area (Å²) in [4.78, 5) is 27.7. The van der Waals surface area contributed by atoms with E-state index in [9.17, 15) is 4.79 Å². The molecule has 2 aliphatic rings. The van der Waals surface area contributed by atoms with E-state index in [4.69, 9.17) is 4.98 Å². The molecular formula is C29H35N5OS. The van der Waals surface area contributed by atoms with Crippen molar-refractivity contribution in [1.82, 2.24) is 15.2 Å². The lowest BCUT2D eigenvalue weighted by Crippen LogP contribution is -2.34. The van der Waals surface area contributed by atoms with Gasteiger partial charge in [0.2, 0.25) is 0 Å². The number of pyridine rings is 1. The highest BCUT2D eigenvalue weighted by atomic mass is 32.1. The molecule has 7 heteroatoms. The molecule has 188 valence electrons. The zero-order chi connectivity index (χ0) is 25.1. The Kier molecular flexibility index (Phi) is 7.39. The lowest BCUT2D eigenvalue weighted by atomic mass is 10.1. The van der Waals surface area contributed by atoms with Gasteiger partial charge in [-0.1, -0.05) is 37.8 Å². The van der Waals surface area contributed by atoms with Gasteiger partial charge >= 0.3 is 0 Å². The summed E-state index contributed by atoms with van der Waals surface area (Å²) in [7, 11) is 2.16. The van der Waals surface area contributed by atoms with E-state index < -0.39 is 0 Å². The monoisotopic (exact) mass is 501 g/mol. The van der Waals surface area contributed by atoms with E-state index in [1.165, 1.54) is 15.3 Å². The summed E-state index contributed by atoms with van der Waals surface area (Å²) in [6, 6.07) is 16.3. The van der Waals surface area contributed by atoms with Crippen LogP contribution in [0.3, 0.4) is 0 Å². The number of para-hydroxylation sites is 1. The number of benzene rings is 1. The Hall–Kier alpha value is -3.16. The normalized spacial score (nSPS) is 16.1. The number of aromatic nitrogens is 1. The molecule has 0 atom stereocenters. The van der Waals surface area contributed by atoms with Crippen LogP contribution >= 0.6 is 11.3 Å².